The van der Waals surface area contributed by atoms with E-state index in [-0.39, 0.29) is 12.6 Å². The summed E-state index contributed by atoms with van der Waals surface area (Å²) >= 11 is 3.44. The van der Waals surface area contributed by atoms with Crippen LogP contribution in [0, 0.1) is 0 Å². The third kappa shape index (κ3) is 2.55. The van der Waals surface area contributed by atoms with Crippen LogP contribution in [-0.2, 0) is 16.0 Å². The zero-order valence-corrected chi connectivity index (χ0v) is 12.5. The van der Waals surface area contributed by atoms with Gasteiger partial charge in [-0.05, 0) is 41.3 Å². The van der Waals surface area contributed by atoms with E-state index in [1.54, 1.807) is 6.20 Å². The topological polar surface area (TPSA) is 83.0 Å². The Labute approximate surface area is 124 Å². The van der Waals surface area contributed by atoms with Crippen molar-refractivity contribution in [2.75, 3.05) is 6.61 Å². The molecule has 0 bridgehead atoms. The molecule has 2 aromatic heterocycles. The van der Waals surface area contributed by atoms with Crippen molar-refractivity contribution < 1.29 is 9.53 Å². The summed E-state index contributed by atoms with van der Waals surface area (Å²) in [6, 6.07) is 1.86. The monoisotopic (exact) mass is 338 g/mol. The minimum absolute atomic E-state index is 0.0543. The van der Waals surface area contributed by atoms with Crippen molar-refractivity contribution in [1.82, 2.24) is 14.8 Å². The van der Waals surface area contributed by atoms with Crippen molar-refractivity contribution in [3.05, 3.63) is 22.6 Å². The van der Waals surface area contributed by atoms with Crippen molar-refractivity contribution >= 4 is 32.7 Å². The maximum absolute atomic E-state index is 11.0. The fourth-order valence-electron chi connectivity index (χ4n) is 2.45. The molecule has 1 aliphatic heterocycles. The third-order valence-corrected chi connectivity index (χ3v) is 3.97. The second-order valence-corrected chi connectivity index (χ2v) is 5.64. The van der Waals surface area contributed by atoms with Gasteiger partial charge in [0.25, 0.3) is 0 Å². The van der Waals surface area contributed by atoms with Gasteiger partial charge in [-0.25, -0.2) is 4.68 Å². The Kier molecular flexibility index (Phi) is 3.71. The molecule has 0 saturated carbocycles. The van der Waals surface area contributed by atoms with E-state index >= 15 is 0 Å². The molecule has 3 heterocycles. The number of amides is 1. The van der Waals surface area contributed by atoms with Gasteiger partial charge >= 0.3 is 0 Å². The van der Waals surface area contributed by atoms with Crippen LogP contribution < -0.4 is 5.73 Å². The number of pyridine rings is 1. The van der Waals surface area contributed by atoms with Crippen LogP contribution in [0.5, 0.6) is 0 Å². The van der Waals surface area contributed by atoms with Gasteiger partial charge < -0.3 is 10.5 Å². The van der Waals surface area contributed by atoms with Gasteiger partial charge in [0.15, 0.2) is 6.23 Å². The first-order valence-corrected chi connectivity index (χ1v) is 7.37. The highest BCUT2D eigenvalue weighted by atomic mass is 79.9. The van der Waals surface area contributed by atoms with Gasteiger partial charge in [0, 0.05) is 12.8 Å². The van der Waals surface area contributed by atoms with Gasteiger partial charge in [0.05, 0.1) is 23.0 Å². The number of hydrogen-bond acceptors (Lipinski definition) is 4. The Bertz CT molecular complexity index is 649. The van der Waals surface area contributed by atoms with Crippen molar-refractivity contribution in [2.45, 2.75) is 31.9 Å². The summed E-state index contributed by atoms with van der Waals surface area (Å²) in [5, 5.41) is 5.40. The zero-order valence-electron chi connectivity index (χ0n) is 10.9. The van der Waals surface area contributed by atoms with E-state index in [1.165, 1.54) is 0 Å². The molecule has 2 aromatic rings. The van der Waals surface area contributed by atoms with Crippen LogP contribution in [0.4, 0.5) is 0 Å². The summed E-state index contributed by atoms with van der Waals surface area (Å²) < 4.78 is 8.38. The van der Waals surface area contributed by atoms with E-state index in [9.17, 15) is 4.79 Å². The SMILES string of the molecule is NC(=O)Cc1cc2c(cn1)c(Br)nn2C1CCCCO1. The molecular formula is C13H15BrN4O2. The molecule has 6 nitrogen and oxygen atoms in total. The Balaban J connectivity index is 2.04. The van der Waals surface area contributed by atoms with Crippen molar-refractivity contribution in [2.24, 2.45) is 5.73 Å². The lowest BCUT2D eigenvalue weighted by atomic mass is 10.2. The molecule has 0 aromatic carbocycles. The number of nitrogens with zero attached hydrogens (tertiary/aromatic N) is 3. The van der Waals surface area contributed by atoms with Crippen LogP contribution in [0.2, 0.25) is 0 Å². The highest BCUT2D eigenvalue weighted by Gasteiger charge is 2.21. The summed E-state index contributed by atoms with van der Waals surface area (Å²) in [6.45, 7) is 0.753. The van der Waals surface area contributed by atoms with E-state index in [4.69, 9.17) is 10.5 Å². The van der Waals surface area contributed by atoms with Crippen molar-refractivity contribution in [1.29, 1.82) is 0 Å². The van der Waals surface area contributed by atoms with Crippen molar-refractivity contribution in [3.63, 3.8) is 0 Å². The molecule has 1 amide bonds. The average Bonchev–Trinajstić information content (AvgIpc) is 2.76. The molecule has 1 unspecified atom stereocenters. The quantitative estimate of drug-likeness (QED) is 0.926. The Morgan fingerprint density at radius 1 is 1.55 bits per heavy atom. The van der Waals surface area contributed by atoms with Crippen LogP contribution in [0.15, 0.2) is 16.9 Å². The Morgan fingerprint density at radius 3 is 3.10 bits per heavy atom. The van der Waals surface area contributed by atoms with Crippen LogP contribution in [-0.4, -0.2) is 27.3 Å². The minimum atomic E-state index is -0.393. The Morgan fingerprint density at radius 2 is 2.40 bits per heavy atom. The fraction of sp³-hybridized carbons (Fsp3) is 0.462. The largest absolute Gasteiger partial charge is 0.369 e. The second-order valence-electron chi connectivity index (χ2n) is 4.89. The molecular weight excluding hydrogens is 324 g/mol. The number of carbonyl (C=O) groups excluding carboxylic acids is 1. The average molecular weight is 339 g/mol. The maximum Gasteiger partial charge on any atom is 0.223 e. The van der Waals surface area contributed by atoms with E-state index in [0.717, 1.165) is 41.4 Å². The van der Waals surface area contributed by atoms with Crippen LogP contribution in [0.1, 0.15) is 31.2 Å². The fourth-order valence-corrected chi connectivity index (χ4v) is 2.92. The summed E-state index contributed by atoms with van der Waals surface area (Å²) in [4.78, 5) is 15.3. The first-order chi connectivity index (χ1) is 9.65. The highest BCUT2D eigenvalue weighted by molar-refractivity contribution is 9.10. The number of hydrogen-bond donors (Lipinski definition) is 1. The molecule has 2 N–H and O–H groups in total. The third-order valence-electron chi connectivity index (χ3n) is 3.39. The molecule has 7 heteroatoms. The van der Waals surface area contributed by atoms with Crippen LogP contribution in [0.25, 0.3) is 10.9 Å². The molecule has 1 saturated heterocycles. The summed E-state index contributed by atoms with van der Waals surface area (Å²) in [5.74, 6) is -0.393. The molecule has 3 rings (SSSR count). The second kappa shape index (κ2) is 5.49. The molecule has 20 heavy (non-hydrogen) atoms. The number of fused-ring (bicyclic) bond motifs is 1. The van der Waals surface area contributed by atoms with Crippen LogP contribution >= 0.6 is 15.9 Å². The summed E-state index contributed by atoms with van der Waals surface area (Å²) in [5.41, 5.74) is 6.78. The molecule has 1 fully saturated rings. The first-order valence-electron chi connectivity index (χ1n) is 6.57. The predicted octanol–water partition coefficient (Wildman–Crippen LogP) is 1.92. The van der Waals surface area contributed by atoms with Gasteiger partial charge in [0.2, 0.25) is 5.91 Å². The maximum atomic E-state index is 11.0. The molecule has 1 atom stereocenters. The van der Waals surface area contributed by atoms with Crippen molar-refractivity contribution in [3.8, 4) is 0 Å². The van der Waals surface area contributed by atoms with Gasteiger partial charge in [-0.1, -0.05) is 0 Å². The van der Waals surface area contributed by atoms with E-state index in [0.29, 0.717) is 5.69 Å². The van der Waals surface area contributed by atoms with Gasteiger partial charge in [-0.3, -0.25) is 9.78 Å². The normalized spacial score (nSPS) is 19.4. The predicted molar refractivity (Wildman–Crippen MR) is 77.0 cm³/mol. The number of carbonyl (C=O) groups is 1. The van der Waals surface area contributed by atoms with E-state index in [1.807, 2.05) is 10.7 Å². The number of primary amides is 1. The molecule has 0 spiro atoms. The molecule has 0 aliphatic carbocycles. The van der Waals surface area contributed by atoms with E-state index in [2.05, 4.69) is 26.0 Å². The summed E-state index contributed by atoms with van der Waals surface area (Å²) in [6.07, 6.45) is 4.94. The smallest absolute Gasteiger partial charge is 0.223 e. The summed E-state index contributed by atoms with van der Waals surface area (Å²) in [7, 11) is 0. The van der Waals surface area contributed by atoms with Gasteiger partial charge in [-0.2, -0.15) is 5.10 Å². The lowest BCUT2D eigenvalue weighted by molar-refractivity contribution is -0.117. The number of aromatic nitrogens is 3. The van der Waals surface area contributed by atoms with E-state index < -0.39 is 5.91 Å². The molecule has 1 aliphatic rings. The number of rotatable bonds is 3. The zero-order chi connectivity index (χ0) is 14.1. The lowest BCUT2D eigenvalue weighted by Gasteiger charge is -2.23. The number of nitrogens with two attached hydrogens (primary N) is 1. The number of ether oxygens (including phenoxy) is 1. The van der Waals surface area contributed by atoms with Gasteiger partial charge in [0.1, 0.15) is 4.60 Å². The minimum Gasteiger partial charge on any atom is -0.369 e. The van der Waals surface area contributed by atoms with Crippen LogP contribution in [0.3, 0.4) is 0 Å². The van der Waals surface area contributed by atoms with Gasteiger partial charge in [-0.15, -0.1) is 0 Å². The highest BCUT2D eigenvalue weighted by Crippen LogP contribution is 2.30. The Hall–Kier alpha value is -1.47. The standard InChI is InChI=1S/C13H15BrN4O2/c14-13-9-7-16-8(6-11(15)19)5-10(9)18(17-13)12-3-1-2-4-20-12/h5,7,12H,1-4,6H2,(H2,15,19). The first kappa shape index (κ1) is 13.5. The number of halogens is 1. The molecule has 0 radical (unpaired) electrons. The lowest BCUT2D eigenvalue weighted by Crippen LogP contribution is -2.19. The molecule has 106 valence electrons.